The molecule has 2 saturated heterocycles. The predicted molar refractivity (Wildman–Crippen MR) is 97.0 cm³/mol. The van der Waals surface area contributed by atoms with Gasteiger partial charge in [-0.15, -0.1) is 0 Å². The Hall–Kier alpha value is -2.15. The highest BCUT2D eigenvalue weighted by Crippen LogP contribution is 2.15. The van der Waals surface area contributed by atoms with E-state index in [1.165, 1.54) is 6.07 Å². The Bertz CT molecular complexity index is 654. The van der Waals surface area contributed by atoms with Crippen molar-refractivity contribution < 1.29 is 14.0 Å². The second-order valence-electron chi connectivity index (χ2n) is 7.06. The number of rotatable bonds is 5. The Morgan fingerprint density at radius 2 is 2.08 bits per heavy atom. The largest absolute Gasteiger partial charge is 0.338 e. The highest BCUT2D eigenvalue weighted by molar-refractivity contribution is 5.85. The zero-order valence-corrected chi connectivity index (χ0v) is 15.3. The molecule has 0 aromatic heterocycles. The lowest BCUT2D eigenvalue weighted by Crippen LogP contribution is -2.54. The Morgan fingerprint density at radius 1 is 1.27 bits per heavy atom. The molecule has 6 nitrogen and oxygen atoms in total. The number of halogens is 1. The molecule has 1 unspecified atom stereocenters. The Kier molecular flexibility index (Phi) is 6.08. The predicted octanol–water partition coefficient (Wildman–Crippen LogP) is 1.52. The molecule has 1 N–H and O–H groups in total. The van der Waals surface area contributed by atoms with Gasteiger partial charge in [-0.25, -0.2) is 9.18 Å². The molecule has 0 saturated carbocycles. The van der Waals surface area contributed by atoms with Crippen molar-refractivity contribution in [1.29, 1.82) is 0 Å². The van der Waals surface area contributed by atoms with Crippen LogP contribution in [0.15, 0.2) is 24.3 Å². The first-order valence-electron chi connectivity index (χ1n) is 9.33. The lowest BCUT2D eigenvalue weighted by Gasteiger charge is -2.34. The highest BCUT2D eigenvalue weighted by atomic mass is 19.1. The Labute approximate surface area is 153 Å². The molecule has 0 bridgehead atoms. The van der Waals surface area contributed by atoms with Crippen LogP contribution in [0.2, 0.25) is 0 Å². The standard InChI is InChI=1S/C19H27FN4O2/c1-2-22-8-7-15(12-22)11-21-19(26)24-10-9-23(18(25)14-24)13-16-5-3-4-6-17(16)20/h3-6,15H,2,7-14H2,1H3,(H,21,26). The van der Waals surface area contributed by atoms with Crippen LogP contribution in [0.3, 0.4) is 0 Å². The number of benzene rings is 1. The number of hydrogen-bond acceptors (Lipinski definition) is 3. The Balaban J connectivity index is 1.45. The third-order valence-corrected chi connectivity index (χ3v) is 5.28. The molecule has 2 fully saturated rings. The van der Waals surface area contributed by atoms with Gasteiger partial charge in [-0.2, -0.15) is 0 Å². The van der Waals surface area contributed by atoms with Gasteiger partial charge in [0.2, 0.25) is 5.91 Å². The summed E-state index contributed by atoms with van der Waals surface area (Å²) in [7, 11) is 0. The molecule has 7 heteroatoms. The summed E-state index contributed by atoms with van der Waals surface area (Å²) in [6, 6.07) is 6.29. The van der Waals surface area contributed by atoms with E-state index >= 15 is 0 Å². The molecule has 1 aromatic rings. The lowest BCUT2D eigenvalue weighted by molar-refractivity contribution is -0.135. The first-order chi connectivity index (χ1) is 12.6. The first kappa shape index (κ1) is 18.6. The van der Waals surface area contributed by atoms with Crippen LogP contribution < -0.4 is 5.32 Å². The zero-order valence-electron chi connectivity index (χ0n) is 15.3. The summed E-state index contributed by atoms with van der Waals surface area (Å²) in [6.07, 6.45) is 1.10. The number of nitrogens with zero attached hydrogens (tertiary/aromatic N) is 3. The minimum Gasteiger partial charge on any atom is -0.338 e. The van der Waals surface area contributed by atoms with E-state index in [9.17, 15) is 14.0 Å². The van der Waals surface area contributed by atoms with Gasteiger partial charge in [0.25, 0.3) is 0 Å². The SMILES string of the molecule is CCN1CCC(CNC(=O)N2CCN(Cc3ccccc3F)C(=O)C2)C1. The van der Waals surface area contributed by atoms with Gasteiger partial charge >= 0.3 is 6.03 Å². The van der Waals surface area contributed by atoms with Crippen LogP contribution in [0.5, 0.6) is 0 Å². The molecule has 2 aliphatic rings. The van der Waals surface area contributed by atoms with Gasteiger partial charge in [-0.3, -0.25) is 4.79 Å². The maximum atomic E-state index is 13.8. The average molecular weight is 362 g/mol. The van der Waals surface area contributed by atoms with Gasteiger partial charge in [0.1, 0.15) is 12.4 Å². The fourth-order valence-electron chi connectivity index (χ4n) is 3.59. The van der Waals surface area contributed by atoms with Crippen LogP contribution in [-0.2, 0) is 11.3 Å². The summed E-state index contributed by atoms with van der Waals surface area (Å²) in [4.78, 5) is 30.2. The van der Waals surface area contributed by atoms with Crippen LogP contribution in [0, 0.1) is 11.7 Å². The van der Waals surface area contributed by atoms with Gasteiger partial charge in [0.05, 0.1) is 0 Å². The topological polar surface area (TPSA) is 55.9 Å². The van der Waals surface area contributed by atoms with Crippen LogP contribution in [0.1, 0.15) is 18.9 Å². The molecular weight excluding hydrogens is 335 g/mol. The van der Waals surface area contributed by atoms with Gasteiger partial charge in [-0.05, 0) is 31.5 Å². The fraction of sp³-hybridized carbons (Fsp3) is 0.579. The molecular formula is C19H27FN4O2. The fourth-order valence-corrected chi connectivity index (χ4v) is 3.59. The smallest absolute Gasteiger partial charge is 0.317 e. The molecule has 0 aliphatic carbocycles. The molecule has 2 heterocycles. The van der Waals surface area contributed by atoms with Crippen LogP contribution in [-0.4, -0.2) is 72.5 Å². The average Bonchev–Trinajstić information content (AvgIpc) is 3.11. The number of carbonyl (C=O) groups is 2. The minimum absolute atomic E-state index is 0.0477. The van der Waals surface area contributed by atoms with Gasteiger partial charge in [-0.1, -0.05) is 25.1 Å². The van der Waals surface area contributed by atoms with Gasteiger partial charge < -0.3 is 20.0 Å². The van der Waals surface area contributed by atoms with E-state index in [1.54, 1.807) is 28.0 Å². The first-order valence-corrected chi connectivity index (χ1v) is 9.33. The van der Waals surface area contributed by atoms with E-state index < -0.39 is 0 Å². The van der Waals surface area contributed by atoms with Crippen LogP contribution >= 0.6 is 0 Å². The van der Waals surface area contributed by atoms with Crippen molar-refractivity contribution in [3.8, 4) is 0 Å². The summed E-state index contributed by atoms with van der Waals surface area (Å²) < 4.78 is 13.8. The van der Waals surface area contributed by atoms with E-state index in [1.807, 2.05) is 0 Å². The molecule has 0 radical (unpaired) electrons. The monoisotopic (exact) mass is 362 g/mol. The molecule has 3 rings (SSSR count). The second-order valence-corrected chi connectivity index (χ2v) is 7.06. The normalized spacial score (nSPS) is 21.3. The summed E-state index contributed by atoms with van der Waals surface area (Å²) in [6.45, 7) is 7.14. The number of amides is 3. The quantitative estimate of drug-likeness (QED) is 0.864. The van der Waals surface area contributed by atoms with Crippen molar-refractivity contribution in [2.24, 2.45) is 5.92 Å². The summed E-state index contributed by atoms with van der Waals surface area (Å²) >= 11 is 0. The summed E-state index contributed by atoms with van der Waals surface area (Å²) in [5.74, 6) is 0.0304. The highest BCUT2D eigenvalue weighted by Gasteiger charge is 2.28. The van der Waals surface area contributed by atoms with E-state index in [2.05, 4.69) is 17.1 Å². The summed E-state index contributed by atoms with van der Waals surface area (Å²) in [5, 5.41) is 2.96. The third-order valence-electron chi connectivity index (χ3n) is 5.28. The number of piperazine rings is 1. The Morgan fingerprint density at radius 3 is 2.77 bits per heavy atom. The van der Waals surface area contributed by atoms with Crippen molar-refractivity contribution in [3.63, 3.8) is 0 Å². The van der Waals surface area contributed by atoms with Crippen LogP contribution in [0.25, 0.3) is 0 Å². The molecule has 1 aromatic carbocycles. The van der Waals surface area contributed by atoms with Crippen molar-refractivity contribution in [1.82, 2.24) is 20.0 Å². The maximum absolute atomic E-state index is 13.8. The van der Waals surface area contributed by atoms with Crippen molar-refractivity contribution in [3.05, 3.63) is 35.6 Å². The minimum atomic E-state index is -0.307. The van der Waals surface area contributed by atoms with Gasteiger partial charge in [0.15, 0.2) is 0 Å². The van der Waals surface area contributed by atoms with Crippen molar-refractivity contribution in [2.45, 2.75) is 19.9 Å². The number of carbonyl (C=O) groups excluding carboxylic acids is 2. The lowest BCUT2D eigenvalue weighted by atomic mass is 10.1. The molecule has 3 amide bonds. The third kappa shape index (κ3) is 4.52. The molecule has 26 heavy (non-hydrogen) atoms. The van der Waals surface area contributed by atoms with E-state index in [-0.39, 0.29) is 30.8 Å². The number of urea groups is 1. The zero-order chi connectivity index (χ0) is 18.5. The number of likely N-dealkylation sites (tertiary alicyclic amines) is 1. The second kappa shape index (κ2) is 8.49. The van der Waals surface area contributed by atoms with E-state index in [0.29, 0.717) is 31.1 Å². The van der Waals surface area contributed by atoms with E-state index in [0.717, 1.165) is 26.1 Å². The molecule has 142 valence electrons. The van der Waals surface area contributed by atoms with Crippen molar-refractivity contribution in [2.75, 3.05) is 45.8 Å². The van der Waals surface area contributed by atoms with Crippen LogP contribution in [0.4, 0.5) is 9.18 Å². The molecule has 2 aliphatic heterocycles. The molecule has 1 atom stereocenters. The number of nitrogens with one attached hydrogen (secondary N) is 1. The maximum Gasteiger partial charge on any atom is 0.317 e. The number of hydrogen-bond donors (Lipinski definition) is 1. The van der Waals surface area contributed by atoms with E-state index in [4.69, 9.17) is 0 Å². The molecule has 0 spiro atoms. The summed E-state index contributed by atoms with van der Waals surface area (Å²) in [5.41, 5.74) is 0.500. The van der Waals surface area contributed by atoms with Crippen molar-refractivity contribution >= 4 is 11.9 Å². The van der Waals surface area contributed by atoms with Gasteiger partial charge in [0, 0.05) is 38.3 Å².